The molecule has 84 valence electrons. The Bertz CT molecular complexity index is 176. The van der Waals surface area contributed by atoms with Crippen molar-refractivity contribution in [2.75, 3.05) is 13.2 Å². The van der Waals surface area contributed by atoms with E-state index in [9.17, 15) is 13.2 Å². The van der Waals surface area contributed by atoms with Crippen LogP contribution in [-0.4, -0.2) is 25.5 Å². The summed E-state index contributed by atoms with van der Waals surface area (Å²) in [5.41, 5.74) is 0. The van der Waals surface area contributed by atoms with Crippen LogP contribution in [0.1, 0.15) is 19.8 Å². The minimum Gasteiger partial charge on any atom is -0.312 e. The average Bonchev–Trinajstić information content (AvgIpc) is 2.14. The highest BCUT2D eigenvalue weighted by Crippen LogP contribution is 2.46. The standard InChI is InChI=1S/C7H12F3O3P/c1-2-6-3-4-11-14(13-6)12-5-7(8,9)10/h6H,2-5H2,1H3. The second-order valence-electron chi connectivity index (χ2n) is 2.87. The Kier molecular flexibility index (Phi) is 4.57. The first-order valence-corrected chi connectivity index (χ1v) is 5.40. The lowest BCUT2D eigenvalue weighted by atomic mass is 10.2. The molecule has 2 atom stereocenters. The molecule has 0 aromatic carbocycles. The quantitative estimate of drug-likeness (QED) is 0.700. The zero-order valence-corrected chi connectivity index (χ0v) is 8.61. The first-order chi connectivity index (χ1) is 6.51. The van der Waals surface area contributed by atoms with Gasteiger partial charge in [0.25, 0.3) is 0 Å². The highest BCUT2D eigenvalue weighted by atomic mass is 31.2. The molecule has 0 aromatic rings. The Morgan fingerprint density at radius 3 is 2.79 bits per heavy atom. The first kappa shape index (κ1) is 12.2. The molecule has 14 heavy (non-hydrogen) atoms. The Morgan fingerprint density at radius 1 is 1.50 bits per heavy atom. The Hall–Kier alpha value is 0.100. The summed E-state index contributed by atoms with van der Waals surface area (Å²) < 4.78 is 49.8. The third kappa shape index (κ3) is 4.55. The predicted molar refractivity (Wildman–Crippen MR) is 44.7 cm³/mol. The third-order valence-electron chi connectivity index (χ3n) is 1.66. The predicted octanol–water partition coefficient (Wildman–Crippen LogP) is 3.01. The van der Waals surface area contributed by atoms with E-state index in [1.54, 1.807) is 0 Å². The summed E-state index contributed by atoms with van der Waals surface area (Å²) in [5, 5.41) is 0. The molecule has 3 nitrogen and oxygen atoms in total. The van der Waals surface area contributed by atoms with Crippen molar-refractivity contribution in [3.05, 3.63) is 0 Å². The molecule has 0 saturated carbocycles. The van der Waals surface area contributed by atoms with Gasteiger partial charge in [0.15, 0.2) is 6.61 Å². The molecule has 0 aromatic heterocycles. The lowest BCUT2D eigenvalue weighted by molar-refractivity contribution is -0.157. The van der Waals surface area contributed by atoms with Gasteiger partial charge in [-0.05, 0) is 12.8 Å². The molecule has 2 unspecified atom stereocenters. The summed E-state index contributed by atoms with van der Waals surface area (Å²) in [6, 6.07) is 0. The van der Waals surface area contributed by atoms with Gasteiger partial charge in [0, 0.05) is 0 Å². The fraction of sp³-hybridized carbons (Fsp3) is 1.00. The van der Waals surface area contributed by atoms with Crippen LogP contribution in [0.5, 0.6) is 0 Å². The third-order valence-corrected chi connectivity index (χ3v) is 2.86. The van der Waals surface area contributed by atoms with Gasteiger partial charge in [-0.3, -0.25) is 0 Å². The van der Waals surface area contributed by atoms with Crippen molar-refractivity contribution < 1.29 is 26.7 Å². The van der Waals surface area contributed by atoms with Crippen molar-refractivity contribution in [3.63, 3.8) is 0 Å². The summed E-state index contributed by atoms with van der Waals surface area (Å²) in [5.74, 6) is 0. The summed E-state index contributed by atoms with van der Waals surface area (Å²) >= 11 is 0. The number of rotatable bonds is 3. The second-order valence-corrected chi connectivity index (χ2v) is 4.04. The van der Waals surface area contributed by atoms with Crippen LogP contribution in [0, 0.1) is 0 Å². The zero-order chi connectivity index (χ0) is 10.6. The van der Waals surface area contributed by atoms with Crippen molar-refractivity contribution in [1.82, 2.24) is 0 Å². The van der Waals surface area contributed by atoms with Crippen LogP contribution >= 0.6 is 8.60 Å². The van der Waals surface area contributed by atoms with E-state index in [4.69, 9.17) is 9.05 Å². The molecule has 1 rings (SSSR count). The molecule has 0 radical (unpaired) electrons. The Morgan fingerprint density at radius 2 is 2.21 bits per heavy atom. The van der Waals surface area contributed by atoms with Crippen molar-refractivity contribution >= 4 is 8.60 Å². The Balaban J connectivity index is 2.24. The molecule has 0 bridgehead atoms. The van der Waals surface area contributed by atoms with Gasteiger partial charge in [0.2, 0.25) is 0 Å². The molecule has 1 aliphatic heterocycles. The lowest BCUT2D eigenvalue weighted by Crippen LogP contribution is -2.21. The highest BCUT2D eigenvalue weighted by molar-refractivity contribution is 7.41. The summed E-state index contributed by atoms with van der Waals surface area (Å²) in [7, 11) is -1.80. The van der Waals surface area contributed by atoms with Crippen LogP contribution in [0.2, 0.25) is 0 Å². The molecule has 0 aliphatic carbocycles. The molecule has 1 saturated heterocycles. The van der Waals surface area contributed by atoms with E-state index < -0.39 is 21.4 Å². The topological polar surface area (TPSA) is 27.7 Å². The number of hydrogen-bond acceptors (Lipinski definition) is 3. The van der Waals surface area contributed by atoms with E-state index in [0.717, 1.165) is 6.42 Å². The monoisotopic (exact) mass is 232 g/mol. The fourth-order valence-corrected chi connectivity index (χ4v) is 2.14. The summed E-state index contributed by atoms with van der Waals surface area (Å²) in [6.45, 7) is 1.00. The van der Waals surface area contributed by atoms with Gasteiger partial charge in [-0.1, -0.05) is 6.92 Å². The zero-order valence-electron chi connectivity index (χ0n) is 7.71. The van der Waals surface area contributed by atoms with Gasteiger partial charge < -0.3 is 13.6 Å². The van der Waals surface area contributed by atoms with E-state index in [2.05, 4.69) is 4.52 Å². The number of hydrogen-bond donors (Lipinski definition) is 0. The Labute approximate surface area is 81.5 Å². The minimum atomic E-state index is -4.33. The van der Waals surface area contributed by atoms with Gasteiger partial charge in [-0.25, -0.2) is 0 Å². The van der Waals surface area contributed by atoms with Crippen LogP contribution in [0.4, 0.5) is 13.2 Å². The van der Waals surface area contributed by atoms with Crippen molar-refractivity contribution in [1.29, 1.82) is 0 Å². The van der Waals surface area contributed by atoms with E-state index in [-0.39, 0.29) is 6.10 Å². The van der Waals surface area contributed by atoms with Crippen LogP contribution in [0.3, 0.4) is 0 Å². The molecular weight excluding hydrogens is 220 g/mol. The van der Waals surface area contributed by atoms with Crippen LogP contribution in [0.25, 0.3) is 0 Å². The second kappa shape index (κ2) is 5.26. The van der Waals surface area contributed by atoms with Crippen LogP contribution in [-0.2, 0) is 13.6 Å². The van der Waals surface area contributed by atoms with E-state index in [1.165, 1.54) is 0 Å². The average molecular weight is 232 g/mol. The largest absolute Gasteiger partial charge is 0.412 e. The van der Waals surface area contributed by atoms with E-state index >= 15 is 0 Å². The molecule has 0 amide bonds. The van der Waals surface area contributed by atoms with Gasteiger partial charge in [-0.15, -0.1) is 0 Å². The molecule has 0 spiro atoms. The minimum absolute atomic E-state index is 0.0388. The SMILES string of the molecule is CCC1CCOP(OCC(F)(F)F)O1. The van der Waals surface area contributed by atoms with Crippen molar-refractivity contribution in [2.45, 2.75) is 32.0 Å². The number of halogens is 3. The van der Waals surface area contributed by atoms with Gasteiger partial charge in [-0.2, -0.15) is 13.2 Å². The van der Waals surface area contributed by atoms with Gasteiger partial charge in [0.05, 0.1) is 12.7 Å². The lowest BCUT2D eigenvalue weighted by Gasteiger charge is -2.27. The van der Waals surface area contributed by atoms with E-state index in [1.807, 2.05) is 6.92 Å². The maximum absolute atomic E-state index is 11.8. The van der Waals surface area contributed by atoms with Crippen molar-refractivity contribution in [3.8, 4) is 0 Å². The van der Waals surface area contributed by atoms with Crippen LogP contribution in [0.15, 0.2) is 0 Å². The van der Waals surface area contributed by atoms with Gasteiger partial charge in [0.1, 0.15) is 0 Å². The van der Waals surface area contributed by atoms with Gasteiger partial charge >= 0.3 is 14.8 Å². The molecule has 0 N–H and O–H groups in total. The molecule has 1 heterocycles. The maximum Gasteiger partial charge on any atom is 0.412 e. The number of alkyl halides is 3. The van der Waals surface area contributed by atoms with E-state index in [0.29, 0.717) is 13.0 Å². The van der Waals surface area contributed by atoms with Crippen LogP contribution < -0.4 is 0 Å². The van der Waals surface area contributed by atoms with Crippen molar-refractivity contribution in [2.24, 2.45) is 0 Å². The smallest absolute Gasteiger partial charge is 0.312 e. The maximum atomic E-state index is 11.8. The highest BCUT2D eigenvalue weighted by Gasteiger charge is 2.32. The molecule has 1 aliphatic rings. The first-order valence-electron chi connectivity index (χ1n) is 4.30. The summed E-state index contributed by atoms with van der Waals surface area (Å²) in [4.78, 5) is 0. The normalized spacial score (nSPS) is 29.1. The molecule has 1 fully saturated rings. The molecular formula is C7H12F3O3P. The summed E-state index contributed by atoms with van der Waals surface area (Å²) in [6.07, 6.45) is -2.89. The molecule has 7 heteroatoms. The fourth-order valence-electron chi connectivity index (χ4n) is 0.936.